The average molecular weight is 454 g/mol. The Bertz CT molecular complexity index is 882. The van der Waals surface area contributed by atoms with Gasteiger partial charge in [-0.15, -0.1) is 0 Å². The third kappa shape index (κ3) is 4.29. The second-order valence-electron chi connectivity index (χ2n) is 8.95. The number of carbonyl (C=O) groups excluding carboxylic acids is 1. The summed E-state index contributed by atoms with van der Waals surface area (Å²) in [6.07, 6.45) is 2.37. The summed E-state index contributed by atoms with van der Waals surface area (Å²) in [5.74, 6) is 0.386. The van der Waals surface area contributed by atoms with E-state index in [2.05, 4.69) is 5.10 Å². The lowest BCUT2D eigenvalue weighted by Gasteiger charge is -2.32. The summed E-state index contributed by atoms with van der Waals surface area (Å²) >= 11 is 0. The van der Waals surface area contributed by atoms with E-state index in [1.165, 1.54) is 6.21 Å². The molecule has 1 aliphatic carbocycles. The molecule has 3 aliphatic heterocycles. The van der Waals surface area contributed by atoms with Gasteiger partial charge in [0.25, 0.3) is 0 Å². The second kappa shape index (κ2) is 8.53. The van der Waals surface area contributed by atoms with Crippen LogP contribution in [0.2, 0.25) is 0 Å². The highest BCUT2D eigenvalue weighted by Gasteiger charge is 2.51. The van der Waals surface area contributed by atoms with Gasteiger partial charge >= 0.3 is 6.18 Å². The van der Waals surface area contributed by atoms with Crippen molar-refractivity contribution in [3.63, 3.8) is 0 Å². The van der Waals surface area contributed by atoms with Crippen LogP contribution in [0.3, 0.4) is 0 Å². The van der Waals surface area contributed by atoms with Gasteiger partial charge in [0.2, 0.25) is 5.91 Å². The molecule has 0 bridgehead atoms. The smallest absolute Gasteiger partial charge is 0.407 e. The summed E-state index contributed by atoms with van der Waals surface area (Å²) in [4.78, 5) is 20.0. The standard InChI is InChI=1S/C22H29F3N4O3/c1-12-5-18(14-6-16(31-3)8-17(7-14)32-4)27-20-13(2)29(21(30)19(12)20)15-9-26-28(10-15)11-22(23,24)25/h6,8-9,12-13,15,17-19H,5,7,10-11H2,1-4H3. The molecule has 6 atom stereocenters. The number of ether oxygens (including phenoxy) is 2. The summed E-state index contributed by atoms with van der Waals surface area (Å²) < 4.78 is 49.2. The zero-order valence-electron chi connectivity index (χ0n) is 18.7. The number of methoxy groups -OCH3 is 2. The monoisotopic (exact) mass is 454 g/mol. The van der Waals surface area contributed by atoms with Crippen LogP contribution in [-0.4, -0.2) is 85.5 Å². The fraction of sp³-hybridized carbons (Fsp3) is 0.682. The molecule has 176 valence electrons. The number of hydrazone groups is 1. The first-order valence-corrected chi connectivity index (χ1v) is 10.9. The summed E-state index contributed by atoms with van der Waals surface area (Å²) in [5.41, 5.74) is 1.91. The number of amides is 1. The van der Waals surface area contributed by atoms with E-state index < -0.39 is 18.8 Å². The number of allylic oxidation sites excluding steroid dienone is 1. The van der Waals surface area contributed by atoms with Crippen LogP contribution >= 0.6 is 0 Å². The Morgan fingerprint density at radius 1 is 1.25 bits per heavy atom. The van der Waals surface area contributed by atoms with Crippen LogP contribution in [0.15, 0.2) is 33.6 Å². The minimum absolute atomic E-state index is 0.0378. The number of fused-ring (bicyclic) bond motifs is 1. The van der Waals surface area contributed by atoms with Crippen molar-refractivity contribution in [2.24, 2.45) is 21.9 Å². The van der Waals surface area contributed by atoms with Crippen LogP contribution in [0.5, 0.6) is 0 Å². The van der Waals surface area contributed by atoms with E-state index in [1.807, 2.05) is 26.0 Å². The van der Waals surface area contributed by atoms with Crippen LogP contribution < -0.4 is 0 Å². The molecule has 10 heteroatoms. The van der Waals surface area contributed by atoms with E-state index in [0.717, 1.165) is 28.5 Å². The van der Waals surface area contributed by atoms with Crippen molar-refractivity contribution in [1.82, 2.24) is 9.91 Å². The van der Waals surface area contributed by atoms with Crippen molar-refractivity contribution in [2.45, 2.75) is 57.1 Å². The topological polar surface area (TPSA) is 66.7 Å². The number of hydrogen-bond donors (Lipinski definition) is 0. The number of nitrogens with zero attached hydrogens (tertiary/aromatic N) is 4. The van der Waals surface area contributed by atoms with Gasteiger partial charge in [0.05, 0.1) is 43.8 Å². The minimum Gasteiger partial charge on any atom is -0.497 e. The Hall–Kier alpha value is -2.36. The lowest BCUT2D eigenvalue weighted by atomic mass is 9.79. The van der Waals surface area contributed by atoms with Gasteiger partial charge in [-0.3, -0.25) is 14.8 Å². The first kappa shape index (κ1) is 22.8. The summed E-state index contributed by atoms with van der Waals surface area (Å²) in [6.45, 7) is 2.86. The van der Waals surface area contributed by atoms with Gasteiger partial charge in [-0.1, -0.05) is 6.92 Å². The first-order chi connectivity index (χ1) is 15.1. The van der Waals surface area contributed by atoms with Crippen molar-refractivity contribution in [3.8, 4) is 0 Å². The highest BCUT2D eigenvalue weighted by molar-refractivity contribution is 6.14. The third-order valence-electron chi connectivity index (χ3n) is 6.75. The Kier molecular flexibility index (Phi) is 6.08. The molecule has 0 saturated carbocycles. The number of likely N-dealkylation sites (tertiary alicyclic amines) is 1. The summed E-state index contributed by atoms with van der Waals surface area (Å²) in [5, 5.41) is 4.86. The van der Waals surface area contributed by atoms with E-state index in [4.69, 9.17) is 14.5 Å². The summed E-state index contributed by atoms with van der Waals surface area (Å²) in [6, 6.07) is -0.865. The minimum atomic E-state index is -4.34. The van der Waals surface area contributed by atoms with E-state index in [-0.39, 0.29) is 42.5 Å². The Balaban J connectivity index is 1.55. The molecule has 0 spiro atoms. The van der Waals surface area contributed by atoms with Gasteiger partial charge in [-0.2, -0.15) is 18.3 Å². The maximum absolute atomic E-state index is 13.3. The zero-order chi connectivity index (χ0) is 23.2. The van der Waals surface area contributed by atoms with Crippen molar-refractivity contribution in [2.75, 3.05) is 27.3 Å². The molecule has 4 rings (SSSR count). The van der Waals surface area contributed by atoms with Gasteiger partial charge in [0.15, 0.2) is 0 Å². The average Bonchev–Trinajstić information content (AvgIpc) is 3.28. The number of carbonyl (C=O) groups is 1. The molecule has 0 aromatic rings. The predicted octanol–water partition coefficient (Wildman–Crippen LogP) is 2.79. The SMILES string of the molecule is COC1=CC(OC)CC(C2CC(C)C3C(=O)N(C4C=NN(CC(F)(F)F)C4)C(C)C3=N2)=C1. The van der Waals surface area contributed by atoms with E-state index >= 15 is 0 Å². The van der Waals surface area contributed by atoms with Gasteiger partial charge < -0.3 is 14.4 Å². The Morgan fingerprint density at radius 2 is 2.00 bits per heavy atom. The number of hydrogen-bond acceptors (Lipinski definition) is 6. The number of halogens is 3. The molecule has 1 fully saturated rings. The molecule has 4 aliphatic rings. The predicted molar refractivity (Wildman–Crippen MR) is 113 cm³/mol. The van der Waals surface area contributed by atoms with Crippen LogP contribution in [0, 0.1) is 11.8 Å². The Morgan fingerprint density at radius 3 is 2.66 bits per heavy atom. The molecule has 7 nitrogen and oxygen atoms in total. The molecular formula is C22H29F3N4O3. The van der Waals surface area contributed by atoms with E-state index in [1.54, 1.807) is 19.1 Å². The van der Waals surface area contributed by atoms with Crippen molar-refractivity contribution >= 4 is 17.8 Å². The lowest BCUT2D eigenvalue weighted by Crippen LogP contribution is -2.46. The number of alkyl halides is 3. The maximum Gasteiger partial charge on any atom is 0.407 e. The van der Waals surface area contributed by atoms with Crippen molar-refractivity contribution < 1.29 is 27.4 Å². The molecule has 0 aromatic carbocycles. The third-order valence-corrected chi connectivity index (χ3v) is 6.75. The quantitative estimate of drug-likeness (QED) is 0.641. The van der Waals surface area contributed by atoms with Crippen molar-refractivity contribution in [3.05, 3.63) is 23.5 Å². The van der Waals surface area contributed by atoms with Gasteiger partial charge in [0, 0.05) is 25.5 Å². The highest BCUT2D eigenvalue weighted by Crippen LogP contribution is 2.40. The molecule has 32 heavy (non-hydrogen) atoms. The molecule has 0 aromatic heterocycles. The van der Waals surface area contributed by atoms with Crippen LogP contribution in [0.1, 0.15) is 26.7 Å². The maximum atomic E-state index is 13.3. The van der Waals surface area contributed by atoms with E-state index in [9.17, 15) is 18.0 Å². The van der Waals surface area contributed by atoms with E-state index in [0.29, 0.717) is 6.42 Å². The van der Waals surface area contributed by atoms with Crippen LogP contribution in [0.4, 0.5) is 13.2 Å². The first-order valence-electron chi connectivity index (χ1n) is 10.9. The van der Waals surface area contributed by atoms with Crippen LogP contribution in [-0.2, 0) is 14.3 Å². The molecule has 6 unspecified atom stereocenters. The largest absolute Gasteiger partial charge is 0.497 e. The zero-order valence-corrected chi connectivity index (χ0v) is 18.7. The molecular weight excluding hydrogens is 425 g/mol. The highest BCUT2D eigenvalue weighted by atomic mass is 19.4. The fourth-order valence-electron chi connectivity index (χ4n) is 5.24. The van der Waals surface area contributed by atoms with Gasteiger partial charge in [-0.25, -0.2) is 0 Å². The molecule has 1 amide bonds. The van der Waals surface area contributed by atoms with Gasteiger partial charge in [0.1, 0.15) is 12.3 Å². The fourth-order valence-corrected chi connectivity index (χ4v) is 5.24. The molecule has 1 saturated heterocycles. The van der Waals surface area contributed by atoms with Gasteiger partial charge in [-0.05, 0) is 37.0 Å². The number of rotatable bonds is 5. The molecule has 0 N–H and O–H groups in total. The second-order valence-corrected chi connectivity index (χ2v) is 8.95. The van der Waals surface area contributed by atoms with Crippen LogP contribution in [0.25, 0.3) is 0 Å². The molecule has 0 radical (unpaired) electrons. The number of aliphatic imine (C=N–C) groups is 1. The van der Waals surface area contributed by atoms with Crippen molar-refractivity contribution in [1.29, 1.82) is 0 Å². The molecule has 3 heterocycles. The summed E-state index contributed by atoms with van der Waals surface area (Å²) in [7, 11) is 3.27. The lowest BCUT2D eigenvalue weighted by molar-refractivity contribution is -0.146. The Labute approximate surface area is 185 Å². The normalized spacial score (nSPS) is 35.0.